The van der Waals surface area contributed by atoms with E-state index in [-0.39, 0.29) is 17.5 Å². The smallest absolute Gasteiger partial charge is 0.261 e. The molecule has 1 aliphatic rings. The molecule has 0 saturated heterocycles. The van der Waals surface area contributed by atoms with Gasteiger partial charge in [0.25, 0.3) is 5.56 Å². The maximum atomic E-state index is 12.9. The van der Waals surface area contributed by atoms with Crippen molar-refractivity contribution in [2.24, 2.45) is 5.92 Å². The van der Waals surface area contributed by atoms with Crippen molar-refractivity contribution in [3.8, 4) is 0 Å². The Hall–Kier alpha value is -1.35. The van der Waals surface area contributed by atoms with Crippen LogP contribution in [0.15, 0.2) is 29.1 Å². The summed E-state index contributed by atoms with van der Waals surface area (Å²) in [7, 11) is 0. The molecule has 1 saturated carbocycles. The third-order valence-electron chi connectivity index (χ3n) is 4.70. The molecule has 2 atom stereocenters. The first kappa shape index (κ1) is 14.6. The van der Waals surface area contributed by atoms with Gasteiger partial charge in [0.2, 0.25) is 0 Å². The molecule has 0 amide bonds. The normalized spacial score (nSPS) is 22.6. The third kappa shape index (κ3) is 2.71. The van der Waals surface area contributed by atoms with Gasteiger partial charge in [0.15, 0.2) is 0 Å². The van der Waals surface area contributed by atoms with Gasteiger partial charge in [0, 0.05) is 6.04 Å². The van der Waals surface area contributed by atoms with Crippen LogP contribution >= 0.6 is 11.6 Å². The largest absolute Gasteiger partial charge is 0.292 e. The molecule has 1 aliphatic carbocycles. The Morgan fingerprint density at radius 1 is 1.33 bits per heavy atom. The zero-order valence-electron chi connectivity index (χ0n) is 12.4. The van der Waals surface area contributed by atoms with Gasteiger partial charge in [0.1, 0.15) is 5.82 Å². The molecule has 112 valence electrons. The van der Waals surface area contributed by atoms with Gasteiger partial charge in [0.05, 0.1) is 16.8 Å². The number of alkyl halides is 1. The van der Waals surface area contributed by atoms with Crippen molar-refractivity contribution >= 4 is 22.5 Å². The summed E-state index contributed by atoms with van der Waals surface area (Å²) < 4.78 is 1.87. The number of benzene rings is 1. The summed E-state index contributed by atoms with van der Waals surface area (Å²) in [6.07, 6.45) is 5.77. The Labute approximate surface area is 130 Å². The van der Waals surface area contributed by atoms with Crippen LogP contribution in [0, 0.1) is 5.92 Å². The minimum absolute atomic E-state index is 0.0676. The number of fused-ring (bicyclic) bond motifs is 1. The first-order valence-electron chi connectivity index (χ1n) is 7.80. The van der Waals surface area contributed by atoms with Crippen molar-refractivity contribution in [3.05, 3.63) is 40.4 Å². The van der Waals surface area contributed by atoms with E-state index in [0.29, 0.717) is 17.1 Å². The van der Waals surface area contributed by atoms with Gasteiger partial charge in [-0.15, -0.1) is 11.6 Å². The quantitative estimate of drug-likeness (QED) is 0.793. The van der Waals surface area contributed by atoms with E-state index in [0.717, 1.165) is 18.4 Å². The van der Waals surface area contributed by atoms with Crippen LogP contribution in [0.3, 0.4) is 0 Å². The molecule has 1 heterocycles. The molecular formula is C17H21ClN2O. The van der Waals surface area contributed by atoms with E-state index < -0.39 is 0 Å². The second-order valence-corrected chi connectivity index (χ2v) is 6.22. The van der Waals surface area contributed by atoms with E-state index in [1.165, 1.54) is 19.3 Å². The lowest BCUT2D eigenvalue weighted by Crippen LogP contribution is -2.32. The zero-order chi connectivity index (χ0) is 14.8. The third-order valence-corrected chi connectivity index (χ3v) is 4.94. The predicted molar refractivity (Wildman–Crippen MR) is 86.8 cm³/mol. The summed E-state index contributed by atoms with van der Waals surface area (Å²) >= 11 is 6.07. The predicted octanol–water partition coefficient (Wildman–Crippen LogP) is 4.28. The fraction of sp³-hybridized carbons (Fsp3) is 0.529. The molecule has 0 N–H and O–H groups in total. The Morgan fingerprint density at radius 2 is 2.14 bits per heavy atom. The molecule has 0 aliphatic heterocycles. The number of aromatic nitrogens is 2. The Bertz CT molecular complexity index is 695. The van der Waals surface area contributed by atoms with Crippen LogP contribution in [0.2, 0.25) is 0 Å². The minimum atomic E-state index is 0.0676. The second kappa shape index (κ2) is 6.18. The van der Waals surface area contributed by atoms with E-state index in [9.17, 15) is 4.79 Å². The topological polar surface area (TPSA) is 34.9 Å². The average molecular weight is 305 g/mol. The van der Waals surface area contributed by atoms with Crippen molar-refractivity contribution in [2.75, 3.05) is 0 Å². The number of nitrogens with zero attached hydrogens (tertiary/aromatic N) is 2. The lowest BCUT2D eigenvalue weighted by molar-refractivity contribution is 0.253. The number of hydrogen-bond acceptors (Lipinski definition) is 2. The summed E-state index contributed by atoms with van der Waals surface area (Å²) in [5.74, 6) is 1.71. The van der Waals surface area contributed by atoms with E-state index in [2.05, 4.69) is 11.9 Å². The van der Waals surface area contributed by atoms with E-state index >= 15 is 0 Å². The number of para-hydroxylation sites is 1. The molecule has 1 aromatic carbocycles. The summed E-state index contributed by atoms with van der Waals surface area (Å²) in [5.41, 5.74) is 0.815. The monoisotopic (exact) mass is 304 g/mol. The van der Waals surface area contributed by atoms with Gasteiger partial charge in [-0.2, -0.15) is 0 Å². The summed E-state index contributed by atoms with van der Waals surface area (Å²) in [4.78, 5) is 17.5. The Kier molecular flexibility index (Phi) is 4.29. The summed E-state index contributed by atoms with van der Waals surface area (Å²) in [6.45, 7) is 2.23. The maximum absolute atomic E-state index is 12.9. The second-order valence-electron chi connectivity index (χ2n) is 5.95. The molecule has 0 radical (unpaired) electrons. The molecule has 4 heteroatoms. The number of rotatable bonds is 3. The first-order valence-corrected chi connectivity index (χ1v) is 8.34. The van der Waals surface area contributed by atoms with Crippen molar-refractivity contribution < 1.29 is 0 Å². The molecule has 21 heavy (non-hydrogen) atoms. The van der Waals surface area contributed by atoms with Crippen LogP contribution in [0.5, 0.6) is 0 Å². The molecule has 2 aromatic rings. The number of hydrogen-bond donors (Lipinski definition) is 0. The van der Waals surface area contributed by atoms with Gasteiger partial charge >= 0.3 is 0 Å². The van der Waals surface area contributed by atoms with E-state index in [1.807, 2.05) is 28.8 Å². The van der Waals surface area contributed by atoms with Crippen LogP contribution in [-0.4, -0.2) is 9.55 Å². The number of halogens is 1. The molecule has 3 nitrogen and oxygen atoms in total. The Balaban J connectivity index is 2.12. The average Bonchev–Trinajstić information content (AvgIpc) is 2.54. The standard InChI is InChI=1S/C17H21ClN2O/c1-2-12-6-5-7-13(10-12)20-16(11-18)19-15-9-4-3-8-14(15)17(20)21/h3-4,8-9,12-13H,2,5-7,10-11H2,1H3. The zero-order valence-corrected chi connectivity index (χ0v) is 13.1. The highest BCUT2D eigenvalue weighted by Crippen LogP contribution is 2.34. The summed E-state index contributed by atoms with van der Waals surface area (Å²) in [5, 5.41) is 0.699. The van der Waals surface area contributed by atoms with Gasteiger partial charge in [-0.25, -0.2) is 4.98 Å². The SMILES string of the molecule is CCC1CCCC(n2c(CCl)nc3ccccc3c2=O)C1. The van der Waals surface area contributed by atoms with Gasteiger partial charge in [-0.1, -0.05) is 38.3 Å². The van der Waals surface area contributed by atoms with Crippen LogP contribution in [0.4, 0.5) is 0 Å². The van der Waals surface area contributed by atoms with E-state index in [1.54, 1.807) is 0 Å². The van der Waals surface area contributed by atoms with Crippen molar-refractivity contribution in [1.29, 1.82) is 0 Å². The van der Waals surface area contributed by atoms with Crippen molar-refractivity contribution in [1.82, 2.24) is 9.55 Å². The maximum Gasteiger partial charge on any atom is 0.261 e. The lowest BCUT2D eigenvalue weighted by Gasteiger charge is -2.31. The molecule has 2 unspecified atom stereocenters. The van der Waals surface area contributed by atoms with Crippen LogP contribution in [-0.2, 0) is 5.88 Å². The lowest BCUT2D eigenvalue weighted by atomic mass is 9.84. The fourth-order valence-corrected chi connectivity index (χ4v) is 3.72. The molecule has 0 bridgehead atoms. The highest BCUT2D eigenvalue weighted by molar-refractivity contribution is 6.16. The molecule has 1 aromatic heterocycles. The van der Waals surface area contributed by atoms with E-state index in [4.69, 9.17) is 11.6 Å². The van der Waals surface area contributed by atoms with Crippen molar-refractivity contribution in [3.63, 3.8) is 0 Å². The molecule has 1 fully saturated rings. The first-order chi connectivity index (χ1) is 10.2. The molecular weight excluding hydrogens is 284 g/mol. The highest BCUT2D eigenvalue weighted by atomic mass is 35.5. The fourth-order valence-electron chi connectivity index (χ4n) is 3.53. The highest BCUT2D eigenvalue weighted by Gasteiger charge is 2.25. The Morgan fingerprint density at radius 3 is 2.90 bits per heavy atom. The van der Waals surface area contributed by atoms with Crippen LogP contribution in [0.25, 0.3) is 10.9 Å². The minimum Gasteiger partial charge on any atom is -0.292 e. The molecule has 3 rings (SSSR count). The van der Waals surface area contributed by atoms with Crippen LogP contribution in [0.1, 0.15) is 50.9 Å². The van der Waals surface area contributed by atoms with Crippen LogP contribution < -0.4 is 5.56 Å². The van der Waals surface area contributed by atoms with Crippen molar-refractivity contribution in [2.45, 2.75) is 50.9 Å². The summed E-state index contributed by atoms with van der Waals surface area (Å²) in [6, 6.07) is 7.80. The van der Waals surface area contributed by atoms with Gasteiger partial charge in [-0.05, 0) is 30.9 Å². The van der Waals surface area contributed by atoms with Gasteiger partial charge < -0.3 is 0 Å². The van der Waals surface area contributed by atoms with Gasteiger partial charge in [-0.3, -0.25) is 9.36 Å². The molecule has 0 spiro atoms.